The summed E-state index contributed by atoms with van der Waals surface area (Å²) in [5, 5.41) is 12.4. The second-order valence-electron chi connectivity index (χ2n) is 5.52. The van der Waals surface area contributed by atoms with Crippen LogP contribution in [0.15, 0.2) is 30.3 Å². The van der Waals surface area contributed by atoms with Crippen LogP contribution in [-0.2, 0) is 4.79 Å². The summed E-state index contributed by atoms with van der Waals surface area (Å²) in [6, 6.07) is 6.02. The van der Waals surface area contributed by atoms with E-state index < -0.39 is 0 Å². The molecule has 102 valence electrons. The Morgan fingerprint density at radius 2 is 2.26 bits per heavy atom. The van der Waals surface area contributed by atoms with Crippen LogP contribution in [0.5, 0.6) is 0 Å². The SMILES string of the molecule is CC1(C)C(O)CC1NC(=O)/C=C/c1cccc(F)c1. The van der Waals surface area contributed by atoms with E-state index in [1.165, 1.54) is 18.2 Å². The summed E-state index contributed by atoms with van der Waals surface area (Å²) in [7, 11) is 0. The van der Waals surface area contributed by atoms with Crippen molar-refractivity contribution in [3.8, 4) is 0 Å². The number of aliphatic hydroxyl groups is 1. The van der Waals surface area contributed by atoms with Crippen LogP contribution < -0.4 is 5.32 Å². The van der Waals surface area contributed by atoms with Crippen LogP contribution in [0.25, 0.3) is 6.08 Å². The number of carbonyl (C=O) groups is 1. The molecule has 0 spiro atoms. The minimum absolute atomic E-state index is 0.0211. The summed E-state index contributed by atoms with van der Waals surface area (Å²) < 4.78 is 12.9. The number of nitrogens with one attached hydrogen (secondary N) is 1. The first-order chi connectivity index (χ1) is 8.89. The first-order valence-corrected chi connectivity index (χ1v) is 6.32. The molecule has 0 bridgehead atoms. The average molecular weight is 263 g/mol. The van der Waals surface area contributed by atoms with Crippen LogP contribution in [0.2, 0.25) is 0 Å². The molecule has 1 aliphatic carbocycles. The van der Waals surface area contributed by atoms with Crippen molar-refractivity contribution in [2.45, 2.75) is 32.4 Å². The molecule has 4 heteroatoms. The van der Waals surface area contributed by atoms with Gasteiger partial charge in [-0.3, -0.25) is 4.79 Å². The third kappa shape index (κ3) is 3.01. The summed E-state index contributed by atoms with van der Waals surface area (Å²) in [5.74, 6) is -0.556. The van der Waals surface area contributed by atoms with Crippen LogP contribution in [0.1, 0.15) is 25.8 Å². The van der Waals surface area contributed by atoms with E-state index in [0.717, 1.165) is 0 Å². The molecular formula is C15H18FNO2. The molecule has 1 aliphatic rings. The van der Waals surface area contributed by atoms with Gasteiger partial charge in [0.1, 0.15) is 5.82 Å². The van der Waals surface area contributed by atoms with Crippen molar-refractivity contribution >= 4 is 12.0 Å². The van der Waals surface area contributed by atoms with Crippen LogP contribution in [0.3, 0.4) is 0 Å². The van der Waals surface area contributed by atoms with E-state index in [1.807, 2.05) is 13.8 Å². The Morgan fingerprint density at radius 3 is 2.84 bits per heavy atom. The standard InChI is InChI=1S/C15H18FNO2/c1-15(2)12(9-13(15)18)17-14(19)7-6-10-4-3-5-11(16)8-10/h3-8,12-13,18H,9H2,1-2H3,(H,17,19)/b7-6+. The fraction of sp³-hybridized carbons (Fsp3) is 0.400. The molecule has 1 aromatic rings. The third-order valence-corrected chi connectivity index (χ3v) is 3.81. The van der Waals surface area contributed by atoms with Crippen molar-refractivity contribution in [2.75, 3.05) is 0 Å². The molecular weight excluding hydrogens is 245 g/mol. The highest BCUT2D eigenvalue weighted by molar-refractivity contribution is 5.92. The summed E-state index contributed by atoms with van der Waals surface area (Å²) in [6.45, 7) is 3.84. The Bertz CT molecular complexity index is 511. The Labute approximate surface area is 112 Å². The molecule has 0 aromatic heterocycles. The van der Waals surface area contributed by atoms with Gasteiger partial charge in [0, 0.05) is 17.5 Å². The van der Waals surface area contributed by atoms with Gasteiger partial charge in [-0.15, -0.1) is 0 Å². The van der Waals surface area contributed by atoms with E-state index in [1.54, 1.807) is 18.2 Å². The predicted octanol–water partition coefficient (Wildman–Crippen LogP) is 2.11. The zero-order valence-electron chi connectivity index (χ0n) is 11.1. The molecule has 1 saturated carbocycles. The van der Waals surface area contributed by atoms with Gasteiger partial charge in [-0.2, -0.15) is 0 Å². The van der Waals surface area contributed by atoms with Gasteiger partial charge in [-0.1, -0.05) is 26.0 Å². The molecule has 3 nitrogen and oxygen atoms in total. The second-order valence-corrected chi connectivity index (χ2v) is 5.52. The molecule has 0 heterocycles. The fourth-order valence-corrected chi connectivity index (χ4v) is 2.15. The van der Waals surface area contributed by atoms with Crippen molar-refractivity contribution < 1.29 is 14.3 Å². The Balaban J connectivity index is 1.92. The number of halogens is 1. The van der Waals surface area contributed by atoms with E-state index >= 15 is 0 Å². The Kier molecular flexibility index (Phi) is 3.71. The normalized spacial score (nSPS) is 25.1. The first-order valence-electron chi connectivity index (χ1n) is 6.32. The Morgan fingerprint density at radius 1 is 1.53 bits per heavy atom. The lowest BCUT2D eigenvalue weighted by Gasteiger charge is -2.49. The number of amides is 1. The average Bonchev–Trinajstić information content (AvgIpc) is 2.36. The van der Waals surface area contributed by atoms with Gasteiger partial charge in [0.05, 0.1) is 6.10 Å². The van der Waals surface area contributed by atoms with E-state index in [2.05, 4.69) is 5.32 Å². The highest BCUT2D eigenvalue weighted by Gasteiger charge is 2.47. The maximum absolute atomic E-state index is 12.9. The summed E-state index contributed by atoms with van der Waals surface area (Å²) in [5.41, 5.74) is 0.352. The summed E-state index contributed by atoms with van der Waals surface area (Å²) >= 11 is 0. The number of hydrogen-bond acceptors (Lipinski definition) is 2. The van der Waals surface area contributed by atoms with Gasteiger partial charge in [0.15, 0.2) is 0 Å². The molecule has 2 rings (SSSR count). The molecule has 2 N–H and O–H groups in total. The van der Waals surface area contributed by atoms with Crippen molar-refractivity contribution in [1.29, 1.82) is 0 Å². The van der Waals surface area contributed by atoms with Gasteiger partial charge >= 0.3 is 0 Å². The quantitative estimate of drug-likeness (QED) is 0.821. The lowest BCUT2D eigenvalue weighted by Crippen LogP contribution is -2.60. The van der Waals surface area contributed by atoms with Crippen molar-refractivity contribution in [3.63, 3.8) is 0 Å². The Hall–Kier alpha value is -1.68. The van der Waals surface area contributed by atoms with Crippen LogP contribution in [0, 0.1) is 11.2 Å². The van der Waals surface area contributed by atoms with Gasteiger partial charge in [0.25, 0.3) is 0 Å². The number of carbonyl (C=O) groups excluding carboxylic acids is 1. The number of hydrogen-bond donors (Lipinski definition) is 2. The fourth-order valence-electron chi connectivity index (χ4n) is 2.15. The van der Waals surface area contributed by atoms with Crippen molar-refractivity contribution in [1.82, 2.24) is 5.32 Å². The zero-order valence-corrected chi connectivity index (χ0v) is 11.1. The van der Waals surface area contributed by atoms with Crippen LogP contribution >= 0.6 is 0 Å². The zero-order chi connectivity index (χ0) is 14.0. The monoisotopic (exact) mass is 263 g/mol. The van der Waals surface area contributed by atoms with E-state index in [-0.39, 0.29) is 29.3 Å². The third-order valence-electron chi connectivity index (χ3n) is 3.81. The lowest BCUT2D eigenvalue weighted by molar-refractivity contribution is -0.124. The molecule has 0 radical (unpaired) electrons. The number of rotatable bonds is 3. The van der Waals surface area contributed by atoms with Gasteiger partial charge in [-0.05, 0) is 30.2 Å². The predicted molar refractivity (Wildman–Crippen MR) is 71.8 cm³/mol. The van der Waals surface area contributed by atoms with Gasteiger partial charge in [-0.25, -0.2) is 4.39 Å². The van der Waals surface area contributed by atoms with E-state index in [4.69, 9.17) is 0 Å². The largest absolute Gasteiger partial charge is 0.392 e. The van der Waals surface area contributed by atoms with Crippen molar-refractivity contribution in [3.05, 3.63) is 41.7 Å². The van der Waals surface area contributed by atoms with Gasteiger partial charge < -0.3 is 10.4 Å². The maximum Gasteiger partial charge on any atom is 0.244 e. The number of benzene rings is 1. The molecule has 2 unspecified atom stereocenters. The van der Waals surface area contributed by atoms with E-state index in [9.17, 15) is 14.3 Å². The first kappa shape index (κ1) is 13.7. The smallest absolute Gasteiger partial charge is 0.244 e. The molecule has 2 atom stereocenters. The van der Waals surface area contributed by atoms with Crippen LogP contribution in [0.4, 0.5) is 4.39 Å². The minimum atomic E-state index is -0.370. The van der Waals surface area contributed by atoms with Crippen LogP contribution in [-0.4, -0.2) is 23.2 Å². The molecule has 1 amide bonds. The second kappa shape index (κ2) is 5.13. The molecule has 1 fully saturated rings. The number of aliphatic hydroxyl groups excluding tert-OH is 1. The van der Waals surface area contributed by atoms with E-state index in [0.29, 0.717) is 12.0 Å². The molecule has 0 aliphatic heterocycles. The van der Waals surface area contributed by atoms with Crippen molar-refractivity contribution in [2.24, 2.45) is 5.41 Å². The summed E-state index contributed by atoms with van der Waals surface area (Å²) in [4.78, 5) is 11.7. The van der Waals surface area contributed by atoms with Gasteiger partial charge in [0.2, 0.25) is 5.91 Å². The molecule has 0 saturated heterocycles. The highest BCUT2D eigenvalue weighted by atomic mass is 19.1. The maximum atomic E-state index is 12.9. The summed E-state index contributed by atoms with van der Waals surface area (Å²) in [6.07, 6.45) is 3.16. The molecule has 1 aromatic carbocycles. The topological polar surface area (TPSA) is 49.3 Å². The minimum Gasteiger partial charge on any atom is -0.392 e. The highest BCUT2D eigenvalue weighted by Crippen LogP contribution is 2.40. The molecule has 19 heavy (non-hydrogen) atoms. The lowest BCUT2D eigenvalue weighted by atomic mass is 9.64.